The van der Waals surface area contributed by atoms with Crippen molar-refractivity contribution in [1.82, 2.24) is 29.5 Å². The van der Waals surface area contributed by atoms with Gasteiger partial charge in [0, 0.05) is 84.8 Å². The number of nitrogens with zero attached hydrogens (tertiary/aromatic N) is 5. The molecule has 2 aliphatic rings. The number of rotatable bonds is 11. The molecule has 0 saturated carbocycles. The molecule has 0 aliphatic carbocycles. The fraction of sp³-hybridized carbons (Fsp3) is 0.386. The monoisotopic (exact) mass is 826 g/mol. The number of methoxy groups -OCH3 is 1. The summed E-state index contributed by atoms with van der Waals surface area (Å²) >= 11 is 14.3. The second-order valence-corrected chi connectivity index (χ2v) is 17.4. The Morgan fingerprint density at radius 3 is 2.26 bits per heavy atom. The predicted molar refractivity (Wildman–Crippen MR) is 225 cm³/mol. The third-order valence-corrected chi connectivity index (χ3v) is 11.5. The van der Waals surface area contributed by atoms with Crippen molar-refractivity contribution in [2.24, 2.45) is 5.92 Å². The van der Waals surface area contributed by atoms with Crippen LogP contribution in [-0.4, -0.2) is 85.3 Å². The van der Waals surface area contributed by atoms with Gasteiger partial charge in [-0.2, -0.15) is 0 Å². The average Bonchev–Trinajstić information content (AvgIpc) is 3.56. The quantitative estimate of drug-likeness (QED) is 0.138. The molecule has 12 nitrogen and oxygen atoms in total. The lowest BCUT2D eigenvalue weighted by Gasteiger charge is -2.45. The largest absolute Gasteiger partial charge is 0.481 e. The Morgan fingerprint density at radius 2 is 1.62 bits per heavy atom. The molecule has 7 rings (SSSR count). The molecule has 2 amide bonds. The van der Waals surface area contributed by atoms with E-state index in [0.29, 0.717) is 52.2 Å². The van der Waals surface area contributed by atoms with Crippen LogP contribution in [0.15, 0.2) is 77.9 Å². The maximum Gasteiger partial charge on any atom is 0.410 e. The van der Waals surface area contributed by atoms with Crippen molar-refractivity contribution < 1.29 is 24.2 Å². The van der Waals surface area contributed by atoms with Crippen molar-refractivity contribution >= 4 is 40.8 Å². The highest BCUT2D eigenvalue weighted by Gasteiger charge is 2.37. The van der Waals surface area contributed by atoms with Crippen molar-refractivity contribution in [1.29, 1.82) is 0 Å². The number of hydrogen-bond donors (Lipinski definition) is 2. The van der Waals surface area contributed by atoms with Crippen molar-refractivity contribution in [3.05, 3.63) is 105 Å². The van der Waals surface area contributed by atoms with E-state index < -0.39 is 17.3 Å². The summed E-state index contributed by atoms with van der Waals surface area (Å²) in [6.45, 7) is 11.5. The number of fused-ring (bicyclic) bond motifs is 1. The molecule has 58 heavy (non-hydrogen) atoms. The van der Waals surface area contributed by atoms with Crippen LogP contribution >= 0.6 is 23.2 Å². The number of likely N-dealkylation sites (tertiary alicyclic amines) is 1. The standard InChI is InChI=1S/C44H48Cl2N6O6/c1-43(2,3)58-42(55)51(25-30-14-16-37(53)48-30)22-28-20-47-36-19-26(17-18-52(36)41(28)54)31-9-7-10-32(38(31)45)33-11-8-12-34(39(33)46)35-15-13-27(40(49-35)57-6)21-50-23-29(24-50)44(4,5)56/h7-13,15,17-20,29-30,56H,14,16,21-25H2,1-6H3,(H,48,53)/t30-/m0/s1. The van der Waals surface area contributed by atoms with Crippen molar-refractivity contribution in [3.63, 3.8) is 0 Å². The van der Waals surface area contributed by atoms with Crippen LogP contribution in [0, 0.1) is 5.92 Å². The second-order valence-electron chi connectivity index (χ2n) is 16.6. The lowest BCUT2D eigenvalue weighted by molar-refractivity contribution is -0.119. The normalized spacial score (nSPS) is 16.3. The Kier molecular flexibility index (Phi) is 11.6. The molecule has 0 spiro atoms. The summed E-state index contributed by atoms with van der Waals surface area (Å²) in [5.41, 5.74) is 4.14. The van der Waals surface area contributed by atoms with Crippen molar-refractivity contribution in [3.8, 4) is 39.4 Å². The van der Waals surface area contributed by atoms with Gasteiger partial charge in [-0.3, -0.25) is 18.9 Å². The number of halogens is 2. The van der Waals surface area contributed by atoms with Gasteiger partial charge in [0.05, 0.1) is 40.6 Å². The van der Waals surface area contributed by atoms with Crippen molar-refractivity contribution in [2.45, 2.75) is 77.8 Å². The Morgan fingerprint density at radius 1 is 0.948 bits per heavy atom. The molecule has 5 aromatic rings. The highest BCUT2D eigenvalue weighted by molar-refractivity contribution is 6.39. The average molecular weight is 828 g/mol. The molecule has 0 unspecified atom stereocenters. The first-order valence-corrected chi connectivity index (χ1v) is 20.1. The van der Waals surface area contributed by atoms with E-state index in [1.165, 1.54) is 15.5 Å². The molecule has 0 radical (unpaired) electrons. The maximum atomic E-state index is 13.8. The third-order valence-electron chi connectivity index (χ3n) is 10.7. The number of carbonyl (C=O) groups excluding carboxylic acids is 2. The molecular weight excluding hydrogens is 779 g/mol. The Balaban J connectivity index is 1.13. The van der Waals surface area contributed by atoms with Gasteiger partial charge < -0.3 is 24.8 Å². The van der Waals surface area contributed by atoms with Crippen LogP contribution in [0.5, 0.6) is 5.88 Å². The third kappa shape index (κ3) is 8.85. The fourth-order valence-electron chi connectivity index (χ4n) is 7.41. The molecule has 0 bridgehead atoms. The molecule has 2 aromatic carbocycles. The number of hydrogen-bond acceptors (Lipinski definition) is 9. The number of benzene rings is 2. The predicted octanol–water partition coefficient (Wildman–Crippen LogP) is 7.62. The summed E-state index contributed by atoms with van der Waals surface area (Å²) in [5, 5.41) is 14.2. The summed E-state index contributed by atoms with van der Waals surface area (Å²) in [6, 6.07) is 18.7. The molecule has 2 N–H and O–H groups in total. The molecule has 2 fully saturated rings. The van der Waals surface area contributed by atoms with Crippen LogP contribution in [-0.2, 0) is 22.6 Å². The van der Waals surface area contributed by atoms with Crippen LogP contribution in [0.3, 0.4) is 0 Å². The number of carbonyl (C=O) groups is 2. The van der Waals surface area contributed by atoms with Crippen LogP contribution in [0.4, 0.5) is 4.79 Å². The Bertz CT molecular complexity index is 2440. The number of aromatic nitrogens is 3. The molecule has 304 valence electrons. The van der Waals surface area contributed by atoms with E-state index in [2.05, 4.69) is 15.2 Å². The topological polar surface area (TPSA) is 139 Å². The van der Waals surface area contributed by atoms with Crippen LogP contribution in [0.25, 0.3) is 39.2 Å². The van der Waals surface area contributed by atoms with Crippen molar-refractivity contribution in [2.75, 3.05) is 26.7 Å². The van der Waals surface area contributed by atoms with Gasteiger partial charge in [-0.1, -0.05) is 65.7 Å². The summed E-state index contributed by atoms with van der Waals surface area (Å²) in [6.07, 6.45) is 3.51. The molecule has 1 atom stereocenters. The second kappa shape index (κ2) is 16.3. The van der Waals surface area contributed by atoms with E-state index in [-0.39, 0.29) is 36.5 Å². The molecular formula is C44H48Cl2N6O6. The molecule has 14 heteroatoms. The first-order valence-electron chi connectivity index (χ1n) is 19.3. The lowest BCUT2D eigenvalue weighted by Crippen LogP contribution is -2.55. The fourth-order valence-corrected chi connectivity index (χ4v) is 8.07. The first-order chi connectivity index (χ1) is 27.5. The van der Waals surface area contributed by atoms with E-state index in [4.69, 9.17) is 37.7 Å². The number of pyridine rings is 2. The molecule has 2 aliphatic heterocycles. The van der Waals surface area contributed by atoms with Crippen LogP contribution in [0.2, 0.25) is 10.0 Å². The zero-order valence-corrected chi connectivity index (χ0v) is 35.0. The van der Waals surface area contributed by atoms with Gasteiger partial charge in [-0.05, 0) is 64.8 Å². The SMILES string of the molecule is COc1nc(-c2cccc(-c3cccc(-c4ccn5c(=O)c(CN(C[C@@H]6CCC(=O)N6)C(=O)OC(C)(C)C)cnc5c4)c3Cl)c2Cl)ccc1CN1CC(C(C)(C)O)C1. The number of aliphatic hydroxyl groups is 1. The van der Waals surface area contributed by atoms with Gasteiger partial charge in [0.25, 0.3) is 5.56 Å². The highest BCUT2D eigenvalue weighted by atomic mass is 35.5. The number of amides is 2. The lowest BCUT2D eigenvalue weighted by atomic mass is 9.84. The zero-order chi connectivity index (χ0) is 41.5. The zero-order valence-electron chi connectivity index (χ0n) is 33.5. The highest BCUT2D eigenvalue weighted by Crippen LogP contribution is 2.42. The maximum absolute atomic E-state index is 13.8. The molecule has 3 aromatic heterocycles. The van der Waals surface area contributed by atoms with Gasteiger partial charge in [0.1, 0.15) is 11.2 Å². The molecule has 2 saturated heterocycles. The minimum atomic E-state index is -0.746. The minimum absolute atomic E-state index is 0.0407. The van der Waals surface area contributed by atoms with E-state index in [1.807, 2.05) is 62.4 Å². The van der Waals surface area contributed by atoms with Gasteiger partial charge in [-0.15, -0.1) is 0 Å². The summed E-state index contributed by atoms with van der Waals surface area (Å²) in [4.78, 5) is 52.0. The van der Waals surface area contributed by atoms with Crippen LogP contribution < -0.4 is 15.6 Å². The summed E-state index contributed by atoms with van der Waals surface area (Å²) in [7, 11) is 1.60. The Labute approximate surface area is 347 Å². The summed E-state index contributed by atoms with van der Waals surface area (Å²) < 4.78 is 12.8. The van der Waals surface area contributed by atoms with Gasteiger partial charge in [-0.25, -0.2) is 14.8 Å². The first kappa shape index (κ1) is 41.2. The van der Waals surface area contributed by atoms with Gasteiger partial charge in [0.15, 0.2) is 0 Å². The van der Waals surface area contributed by atoms with Crippen LogP contribution in [0.1, 0.15) is 58.6 Å². The Hall–Kier alpha value is -5.01. The van der Waals surface area contributed by atoms with E-state index >= 15 is 0 Å². The molecule has 5 heterocycles. The number of nitrogens with one attached hydrogen (secondary N) is 1. The smallest absolute Gasteiger partial charge is 0.410 e. The van der Waals surface area contributed by atoms with E-state index in [9.17, 15) is 19.5 Å². The van der Waals surface area contributed by atoms with Gasteiger partial charge in [0.2, 0.25) is 11.8 Å². The number of ether oxygens (including phenoxy) is 2. The van der Waals surface area contributed by atoms with E-state index in [0.717, 1.165) is 46.5 Å². The van der Waals surface area contributed by atoms with E-state index in [1.54, 1.807) is 46.2 Å². The minimum Gasteiger partial charge on any atom is -0.481 e. The van der Waals surface area contributed by atoms with Gasteiger partial charge >= 0.3 is 6.09 Å². The summed E-state index contributed by atoms with van der Waals surface area (Å²) in [5.74, 6) is 0.672.